The van der Waals surface area contributed by atoms with E-state index in [0.717, 1.165) is 5.56 Å². The third kappa shape index (κ3) is 3.77. The van der Waals surface area contributed by atoms with Crippen molar-refractivity contribution in [1.82, 2.24) is 4.90 Å². The molecule has 126 valence electrons. The molecule has 1 heterocycles. The highest BCUT2D eigenvalue weighted by Crippen LogP contribution is 2.30. The molecule has 2 aromatic carbocycles. The summed E-state index contributed by atoms with van der Waals surface area (Å²) < 4.78 is 11.6. The summed E-state index contributed by atoms with van der Waals surface area (Å²) in [5, 5.41) is 0. The van der Waals surface area contributed by atoms with Crippen molar-refractivity contribution in [3.63, 3.8) is 0 Å². The topological polar surface area (TPSA) is 38.8 Å². The van der Waals surface area contributed by atoms with Crippen LogP contribution in [0.15, 0.2) is 60.7 Å². The zero-order chi connectivity index (χ0) is 17.0. The number of hydrogen-bond acceptors (Lipinski definition) is 3. The molecule has 0 radical (unpaired) electrons. The van der Waals surface area contributed by atoms with E-state index < -0.39 is 0 Å². The van der Waals surface area contributed by atoms with E-state index in [2.05, 4.69) is 0 Å². The molecule has 0 bridgehead atoms. The Morgan fingerprint density at radius 2 is 1.75 bits per heavy atom. The van der Waals surface area contributed by atoms with Gasteiger partial charge >= 0.3 is 0 Å². The first-order valence-corrected chi connectivity index (χ1v) is 8.21. The van der Waals surface area contributed by atoms with Crippen LogP contribution in [-0.2, 0) is 9.53 Å². The number of amides is 1. The van der Waals surface area contributed by atoms with E-state index in [1.807, 2.05) is 79.4 Å². The molecule has 0 spiro atoms. The van der Waals surface area contributed by atoms with E-state index in [0.29, 0.717) is 18.9 Å². The molecule has 1 amide bonds. The molecule has 1 unspecified atom stereocenters. The van der Waals surface area contributed by atoms with Crippen molar-refractivity contribution in [2.24, 2.45) is 0 Å². The fourth-order valence-corrected chi connectivity index (χ4v) is 2.90. The highest BCUT2D eigenvalue weighted by molar-refractivity contribution is 5.78. The first-order valence-electron chi connectivity index (χ1n) is 8.21. The van der Waals surface area contributed by atoms with Gasteiger partial charge in [0.2, 0.25) is 0 Å². The predicted octanol–water partition coefficient (Wildman–Crippen LogP) is 3.44. The van der Waals surface area contributed by atoms with Crippen LogP contribution >= 0.6 is 0 Å². The first kappa shape index (κ1) is 16.5. The highest BCUT2D eigenvalue weighted by atomic mass is 16.5. The smallest absolute Gasteiger partial charge is 0.261 e. The summed E-state index contributed by atoms with van der Waals surface area (Å²) >= 11 is 0. The van der Waals surface area contributed by atoms with E-state index in [4.69, 9.17) is 9.47 Å². The van der Waals surface area contributed by atoms with Gasteiger partial charge in [-0.1, -0.05) is 48.5 Å². The van der Waals surface area contributed by atoms with Gasteiger partial charge in [-0.2, -0.15) is 0 Å². The highest BCUT2D eigenvalue weighted by Gasteiger charge is 2.38. The molecule has 2 aromatic rings. The number of rotatable bonds is 4. The van der Waals surface area contributed by atoms with Gasteiger partial charge in [-0.15, -0.1) is 0 Å². The fourth-order valence-electron chi connectivity index (χ4n) is 2.90. The monoisotopic (exact) mass is 325 g/mol. The minimum atomic E-state index is -0.345. The summed E-state index contributed by atoms with van der Waals surface area (Å²) in [5.41, 5.74) is 0.748. The van der Waals surface area contributed by atoms with Gasteiger partial charge in [-0.3, -0.25) is 4.79 Å². The summed E-state index contributed by atoms with van der Waals surface area (Å²) in [6.07, 6.45) is -0.0973. The lowest BCUT2D eigenvalue weighted by molar-refractivity contribution is -0.156. The van der Waals surface area contributed by atoms with Crippen LogP contribution in [0.1, 0.15) is 25.5 Å². The summed E-state index contributed by atoms with van der Waals surface area (Å²) in [6, 6.07) is 19.4. The number of carbonyl (C=O) groups is 1. The normalized spacial score (nSPS) is 19.8. The molecule has 0 N–H and O–H groups in total. The second kappa shape index (κ2) is 7.05. The minimum absolute atomic E-state index is 0.0203. The summed E-state index contributed by atoms with van der Waals surface area (Å²) in [7, 11) is 0. The second-order valence-corrected chi connectivity index (χ2v) is 6.63. The lowest BCUT2D eigenvalue weighted by atomic mass is 9.98. The van der Waals surface area contributed by atoms with Crippen LogP contribution in [-0.4, -0.2) is 36.1 Å². The third-order valence-corrected chi connectivity index (χ3v) is 4.29. The Balaban J connectivity index is 1.68. The number of para-hydroxylation sites is 1. The maximum Gasteiger partial charge on any atom is 0.261 e. The van der Waals surface area contributed by atoms with Gasteiger partial charge in [0.15, 0.2) is 6.61 Å². The average Bonchev–Trinajstić information content (AvgIpc) is 2.61. The molecule has 0 aliphatic carbocycles. The van der Waals surface area contributed by atoms with Crippen molar-refractivity contribution in [3.05, 3.63) is 66.2 Å². The molecule has 24 heavy (non-hydrogen) atoms. The Bertz CT molecular complexity index is 670. The van der Waals surface area contributed by atoms with E-state index in [9.17, 15) is 4.79 Å². The van der Waals surface area contributed by atoms with Crippen LogP contribution in [0.4, 0.5) is 0 Å². The van der Waals surface area contributed by atoms with Gasteiger partial charge < -0.3 is 14.4 Å². The number of nitrogens with zero attached hydrogens (tertiary/aromatic N) is 1. The second-order valence-electron chi connectivity index (χ2n) is 6.63. The first-order chi connectivity index (χ1) is 11.6. The molecule has 1 fully saturated rings. The van der Waals surface area contributed by atoms with Crippen molar-refractivity contribution in [1.29, 1.82) is 0 Å². The largest absolute Gasteiger partial charge is 0.484 e. The van der Waals surface area contributed by atoms with Crippen molar-refractivity contribution in [2.45, 2.75) is 25.5 Å². The van der Waals surface area contributed by atoms with Gasteiger partial charge in [0.05, 0.1) is 18.7 Å². The van der Waals surface area contributed by atoms with E-state index >= 15 is 0 Å². The molecule has 1 aliphatic rings. The lowest BCUT2D eigenvalue weighted by Gasteiger charge is -2.45. The SMILES string of the molecule is CC1(C)COC(c2ccccc2)CN1C(=O)COc1ccccc1. The molecule has 0 aromatic heterocycles. The number of carbonyl (C=O) groups excluding carboxylic acids is 1. The maximum atomic E-state index is 12.7. The van der Waals surface area contributed by atoms with Gasteiger partial charge in [0.25, 0.3) is 5.91 Å². The molecule has 1 atom stereocenters. The van der Waals surface area contributed by atoms with Crippen LogP contribution in [0.2, 0.25) is 0 Å². The van der Waals surface area contributed by atoms with Gasteiger partial charge in [-0.25, -0.2) is 0 Å². The average molecular weight is 325 g/mol. The molecule has 1 saturated heterocycles. The maximum absolute atomic E-state index is 12.7. The van der Waals surface area contributed by atoms with Crippen molar-refractivity contribution in [3.8, 4) is 5.75 Å². The summed E-state index contributed by atoms with van der Waals surface area (Å²) in [6.45, 7) is 5.12. The van der Waals surface area contributed by atoms with Gasteiger partial charge in [0, 0.05) is 0 Å². The van der Waals surface area contributed by atoms with E-state index in [-0.39, 0.29) is 24.2 Å². The van der Waals surface area contributed by atoms with Crippen LogP contribution < -0.4 is 4.74 Å². The Hall–Kier alpha value is -2.33. The Morgan fingerprint density at radius 1 is 1.12 bits per heavy atom. The molecule has 4 heteroatoms. The predicted molar refractivity (Wildman–Crippen MR) is 92.9 cm³/mol. The van der Waals surface area contributed by atoms with Crippen molar-refractivity contribution in [2.75, 3.05) is 19.8 Å². The summed E-state index contributed by atoms with van der Waals surface area (Å²) in [4.78, 5) is 14.6. The van der Waals surface area contributed by atoms with Gasteiger partial charge in [-0.05, 0) is 31.5 Å². The van der Waals surface area contributed by atoms with Crippen LogP contribution in [0.25, 0.3) is 0 Å². The quantitative estimate of drug-likeness (QED) is 0.864. The number of ether oxygens (including phenoxy) is 2. The number of morpholine rings is 1. The molecule has 0 saturated carbocycles. The van der Waals surface area contributed by atoms with Crippen LogP contribution in [0.3, 0.4) is 0 Å². The van der Waals surface area contributed by atoms with Crippen LogP contribution in [0, 0.1) is 0 Å². The third-order valence-electron chi connectivity index (χ3n) is 4.29. The van der Waals surface area contributed by atoms with Gasteiger partial charge in [0.1, 0.15) is 11.9 Å². The summed E-state index contributed by atoms with van der Waals surface area (Å²) in [5.74, 6) is 0.685. The fraction of sp³-hybridized carbons (Fsp3) is 0.350. The number of hydrogen-bond donors (Lipinski definition) is 0. The molecule has 1 aliphatic heterocycles. The molecule has 3 rings (SSSR count). The standard InChI is InChI=1S/C20H23NO3/c1-20(2)15-24-18(16-9-5-3-6-10-16)13-21(20)19(22)14-23-17-11-7-4-8-12-17/h3-12,18H,13-15H2,1-2H3. The number of benzene rings is 2. The Labute approximate surface area is 143 Å². The van der Waals surface area contributed by atoms with Crippen LogP contribution in [0.5, 0.6) is 5.75 Å². The zero-order valence-electron chi connectivity index (χ0n) is 14.1. The Morgan fingerprint density at radius 3 is 2.42 bits per heavy atom. The van der Waals surface area contributed by atoms with Crippen molar-refractivity contribution < 1.29 is 14.3 Å². The molecule has 4 nitrogen and oxygen atoms in total. The lowest BCUT2D eigenvalue weighted by Crippen LogP contribution is -2.57. The van der Waals surface area contributed by atoms with E-state index in [1.54, 1.807) is 0 Å². The van der Waals surface area contributed by atoms with E-state index in [1.165, 1.54) is 0 Å². The minimum Gasteiger partial charge on any atom is -0.484 e. The van der Waals surface area contributed by atoms with Crippen molar-refractivity contribution >= 4 is 5.91 Å². The molecular weight excluding hydrogens is 302 g/mol. The Kier molecular flexibility index (Phi) is 4.86. The zero-order valence-corrected chi connectivity index (χ0v) is 14.1. The molecular formula is C20H23NO3.